The Morgan fingerprint density at radius 1 is 1.29 bits per heavy atom. The van der Waals surface area contributed by atoms with E-state index >= 15 is 0 Å². The lowest BCUT2D eigenvalue weighted by Crippen LogP contribution is -1.94. The fraction of sp³-hybridized carbons (Fsp3) is 0.385. The van der Waals surface area contributed by atoms with Crippen LogP contribution in [0.15, 0.2) is 30.3 Å². The van der Waals surface area contributed by atoms with Crippen molar-refractivity contribution in [2.45, 2.75) is 32.4 Å². The highest BCUT2D eigenvalue weighted by Crippen LogP contribution is 2.03. The standard InChI is InChI=1S/C13H15F/c1-2-3-9-13(14)11-10-12-7-5-4-6-8-12/h4-8,13H,2-3,9H2,1H3. The lowest BCUT2D eigenvalue weighted by Gasteiger charge is -1.96. The number of rotatable bonds is 3. The van der Waals surface area contributed by atoms with Gasteiger partial charge in [-0.05, 0) is 25.0 Å². The van der Waals surface area contributed by atoms with Crippen molar-refractivity contribution in [2.24, 2.45) is 0 Å². The summed E-state index contributed by atoms with van der Waals surface area (Å²) < 4.78 is 13.1. The predicted molar refractivity (Wildman–Crippen MR) is 57.7 cm³/mol. The molecular weight excluding hydrogens is 175 g/mol. The van der Waals surface area contributed by atoms with Crippen LogP contribution in [0.25, 0.3) is 0 Å². The number of hydrogen-bond acceptors (Lipinski definition) is 0. The number of halogens is 1. The van der Waals surface area contributed by atoms with E-state index < -0.39 is 6.17 Å². The summed E-state index contributed by atoms with van der Waals surface area (Å²) in [6.45, 7) is 2.05. The first-order valence-electron chi connectivity index (χ1n) is 5.03. The van der Waals surface area contributed by atoms with Crippen LogP contribution >= 0.6 is 0 Å². The third-order valence-electron chi connectivity index (χ3n) is 1.96. The van der Waals surface area contributed by atoms with Crippen LogP contribution < -0.4 is 0 Å². The summed E-state index contributed by atoms with van der Waals surface area (Å²) in [5.41, 5.74) is 0.881. The van der Waals surface area contributed by atoms with Gasteiger partial charge >= 0.3 is 0 Å². The summed E-state index contributed by atoms with van der Waals surface area (Å²) in [6.07, 6.45) is 1.50. The number of unbranched alkanes of at least 4 members (excludes halogenated alkanes) is 1. The van der Waals surface area contributed by atoms with Gasteiger partial charge in [-0.15, -0.1) is 0 Å². The van der Waals surface area contributed by atoms with E-state index in [2.05, 4.69) is 18.8 Å². The van der Waals surface area contributed by atoms with Gasteiger partial charge in [-0.2, -0.15) is 0 Å². The monoisotopic (exact) mass is 190 g/mol. The van der Waals surface area contributed by atoms with Crippen LogP contribution in [0, 0.1) is 11.8 Å². The van der Waals surface area contributed by atoms with Gasteiger partial charge in [-0.1, -0.05) is 43.4 Å². The van der Waals surface area contributed by atoms with E-state index in [9.17, 15) is 4.39 Å². The number of benzene rings is 1. The number of alkyl halides is 1. The summed E-state index contributed by atoms with van der Waals surface area (Å²) in [6, 6.07) is 9.51. The molecule has 0 N–H and O–H groups in total. The highest BCUT2D eigenvalue weighted by molar-refractivity contribution is 5.34. The van der Waals surface area contributed by atoms with Crippen molar-refractivity contribution in [1.29, 1.82) is 0 Å². The SMILES string of the molecule is CCCCC(F)C#Cc1ccccc1. The van der Waals surface area contributed by atoms with E-state index in [0.717, 1.165) is 18.4 Å². The first-order chi connectivity index (χ1) is 6.83. The zero-order valence-electron chi connectivity index (χ0n) is 8.46. The molecule has 0 nitrogen and oxygen atoms in total. The zero-order chi connectivity index (χ0) is 10.2. The highest BCUT2D eigenvalue weighted by Gasteiger charge is 1.98. The fourth-order valence-corrected chi connectivity index (χ4v) is 1.14. The lowest BCUT2D eigenvalue weighted by molar-refractivity contribution is 0.381. The topological polar surface area (TPSA) is 0 Å². The minimum absolute atomic E-state index is 0.552. The minimum Gasteiger partial charge on any atom is -0.233 e. The Balaban J connectivity index is 2.47. The molecule has 0 fully saturated rings. The molecule has 1 rings (SSSR count). The van der Waals surface area contributed by atoms with Crippen molar-refractivity contribution in [3.05, 3.63) is 35.9 Å². The van der Waals surface area contributed by atoms with Crippen molar-refractivity contribution in [2.75, 3.05) is 0 Å². The van der Waals surface area contributed by atoms with Crippen LogP contribution in [0.1, 0.15) is 31.7 Å². The Hall–Kier alpha value is -1.29. The molecule has 0 bridgehead atoms. The van der Waals surface area contributed by atoms with Gasteiger partial charge in [0.05, 0.1) is 0 Å². The van der Waals surface area contributed by atoms with Crippen LogP contribution in [0.3, 0.4) is 0 Å². The molecule has 1 heteroatoms. The molecule has 1 atom stereocenters. The molecule has 0 aliphatic carbocycles. The Bertz CT molecular complexity index is 305. The minimum atomic E-state index is -0.977. The average molecular weight is 190 g/mol. The van der Waals surface area contributed by atoms with Gasteiger partial charge in [0, 0.05) is 5.56 Å². The normalized spacial score (nSPS) is 11.6. The second kappa shape index (κ2) is 6.21. The third kappa shape index (κ3) is 4.09. The highest BCUT2D eigenvalue weighted by atomic mass is 19.1. The van der Waals surface area contributed by atoms with Crippen LogP contribution in [0.4, 0.5) is 4.39 Å². The third-order valence-corrected chi connectivity index (χ3v) is 1.96. The maximum atomic E-state index is 13.1. The van der Waals surface area contributed by atoms with E-state index in [0.29, 0.717) is 6.42 Å². The molecule has 0 radical (unpaired) electrons. The molecule has 0 heterocycles. The zero-order valence-corrected chi connectivity index (χ0v) is 8.46. The van der Waals surface area contributed by atoms with Crippen molar-refractivity contribution in [1.82, 2.24) is 0 Å². The first kappa shape index (κ1) is 10.8. The van der Waals surface area contributed by atoms with E-state index in [1.807, 2.05) is 30.3 Å². The molecule has 0 amide bonds. The van der Waals surface area contributed by atoms with Gasteiger partial charge in [-0.3, -0.25) is 0 Å². The number of hydrogen-bond donors (Lipinski definition) is 0. The summed E-state index contributed by atoms with van der Waals surface area (Å²) in [5, 5.41) is 0. The smallest absolute Gasteiger partial charge is 0.161 e. The first-order valence-corrected chi connectivity index (χ1v) is 5.03. The van der Waals surface area contributed by atoms with Gasteiger partial charge in [0.2, 0.25) is 0 Å². The largest absolute Gasteiger partial charge is 0.233 e. The molecule has 14 heavy (non-hydrogen) atoms. The molecule has 1 aromatic rings. The second-order valence-corrected chi connectivity index (χ2v) is 3.25. The van der Waals surface area contributed by atoms with Crippen LogP contribution in [-0.4, -0.2) is 6.17 Å². The van der Waals surface area contributed by atoms with Gasteiger partial charge in [-0.25, -0.2) is 4.39 Å². The molecule has 0 aromatic heterocycles. The van der Waals surface area contributed by atoms with E-state index in [-0.39, 0.29) is 0 Å². The maximum Gasteiger partial charge on any atom is 0.161 e. The van der Waals surface area contributed by atoms with Crippen molar-refractivity contribution in [3.8, 4) is 11.8 Å². The Kier molecular flexibility index (Phi) is 4.78. The summed E-state index contributed by atoms with van der Waals surface area (Å²) in [4.78, 5) is 0. The quantitative estimate of drug-likeness (QED) is 0.639. The van der Waals surface area contributed by atoms with Crippen molar-refractivity contribution in [3.63, 3.8) is 0 Å². The lowest BCUT2D eigenvalue weighted by atomic mass is 10.1. The average Bonchev–Trinajstić information content (AvgIpc) is 2.25. The molecule has 0 saturated carbocycles. The summed E-state index contributed by atoms with van der Waals surface area (Å²) in [5.74, 6) is 5.45. The van der Waals surface area contributed by atoms with Crippen LogP contribution in [0.2, 0.25) is 0 Å². The summed E-state index contributed by atoms with van der Waals surface area (Å²) >= 11 is 0. The van der Waals surface area contributed by atoms with Crippen molar-refractivity contribution < 1.29 is 4.39 Å². The second-order valence-electron chi connectivity index (χ2n) is 3.25. The summed E-state index contributed by atoms with van der Waals surface area (Å²) in [7, 11) is 0. The fourth-order valence-electron chi connectivity index (χ4n) is 1.14. The molecule has 0 saturated heterocycles. The molecule has 0 spiro atoms. The van der Waals surface area contributed by atoms with E-state index in [1.54, 1.807) is 0 Å². The molecule has 1 aromatic carbocycles. The van der Waals surface area contributed by atoms with Crippen LogP contribution in [-0.2, 0) is 0 Å². The molecule has 74 valence electrons. The Morgan fingerprint density at radius 2 is 2.00 bits per heavy atom. The van der Waals surface area contributed by atoms with Crippen molar-refractivity contribution >= 4 is 0 Å². The van der Waals surface area contributed by atoms with Crippen LogP contribution in [0.5, 0.6) is 0 Å². The van der Waals surface area contributed by atoms with E-state index in [4.69, 9.17) is 0 Å². The predicted octanol–water partition coefficient (Wildman–Crippen LogP) is 3.57. The van der Waals surface area contributed by atoms with Gasteiger partial charge in [0.25, 0.3) is 0 Å². The molecule has 0 aliphatic rings. The van der Waals surface area contributed by atoms with E-state index in [1.165, 1.54) is 0 Å². The molecule has 0 aliphatic heterocycles. The Labute approximate surface area is 85.2 Å². The molecule has 1 unspecified atom stereocenters. The van der Waals surface area contributed by atoms with Gasteiger partial charge in [0.1, 0.15) is 0 Å². The maximum absolute atomic E-state index is 13.1. The van der Waals surface area contributed by atoms with Gasteiger partial charge < -0.3 is 0 Å². The van der Waals surface area contributed by atoms with Gasteiger partial charge in [0.15, 0.2) is 6.17 Å². The Morgan fingerprint density at radius 3 is 2.64 bits per heavy atom. The molecular formula is C13H15F.